The van der Waals surface area contributed by atoms with E-state index in [1.165, 1.54) is 23.3 Å². The molecule has 2 aromatic rings. The molecule has 3 rings (SSSR count). The molecular formula is C21H22FNO2. The van der Waals surface area contributed by atoms with Crippen LogP contribution in [0.25, 0.3) is 0 Å². The Morgan fingerprint density at radius 3 is 2.52 bits per heavy atom. The Bertz CT molecular complexity index is 768. The van der Waals surface area contributed by atoms with Gasteiger partial charge in [0.2, 0.25) is 5.91 Å². The van der Waals surface area contributed by atoms with Gasteiger partial charge in [-0.25, -0.2) is 4.39 Å². The molecule has 0 atom stereocenters. The van der Waals surface area contributed by atoms with Crippen molar-refractivity contribution in [2.75, 3.05) is 6.54 Å². The molecule has 0 aliphatic heterocycles. The number of hydrogen-bond donors (Lipinski definition) is 1. The van der Waals surface area contributed by atoms with Crippen molar-refractivity contribution in [3.8, 4) is 0 Å². The summed E-state index contributed by atoms with van der Waals surface area (Å²) in [5.74, 6) is -0.377. The highest BCUT2D eigenvalue weighted by molar-refractivity contribution is 5.98. The minimum absolute atomic E-state index is 0.0170. The second kappa shape index (κ2) is 8.06. The van der Waals surface area contributed by atoms with E-state index in [9.17, 15) is 14.0 Å². The van der Waals surface area contributed by atoms with Crippen LogP contribution in [-0.2, 0) is 24.1 Å². The third-order valence-electron chi connectivity index (χ3n) is 4.65. The van der Waals surface area contributed by atoms with Gasteiger partial charge in [0, 0.05) is 24.9 Å². The van der Waals surface area contributed by atoms with Crippen LogP contribution in [0.1, 0.15) is 46.3 Å². The maximum Gasteiger partial charge on any atom is 0.220 e. The SMILES string of the molecule is O=C(CCC(=O)c1ccc2c(c1)CCC2)NCCc1ccc(F)cc1. The average Bonchev–Trinajstić information content (AvgIpc) is 3.09. The van der Waals surface area contributed by atoms with Crippen molar-refractivity contribution in [3.05, 3.63) is 70.5 Å². The average molecular weight is 339 g/mol. The molecule has 1 aliphatic rings. The molecule has 2 aromatic carbocycles. The van der Waals surface area contributed by atoms with Gasteiger partial charge in [-0.05, 0) is 60.6 Å². The fraction of sp³-hybridized carbons (Fsp3) is 0.333. The summed E-state index contributed by atoms with van der Waals surface area (Å²) in [4.78, 5) is 24.1. The predicted molar refractivity (Wildman–Crippen MR) is 95.1 cm³/mol. The van der Waals surface area contributed by atoms with E-state index in [2.05, 4.69) is 5.32 Å². The minimum atomic E-state index is -0.266. The maximum atomic E-state index is 12.8. The van der Waals surface area contributed by atoms with Gasteiger partial charge in [-0.15, -0.1) is 0 Å². The Hall–Kier alpha value is -2.49. The fourth-order valence-corrected chi connectivity index (χ4v) is 3.20. The van der Waals surface area contributed by atoms with E-state index in [0.29, 0.717) is 18.5 Å². The Balaban J connectivity index is 1.41. The molecule has 0 heterocycles. The Morgan fingerprint density at radius 2 is 1.72 bits per heavy atom. The zero-order valence-corrected chi connectivity index (χ0v) is 14.2. The first-order valence-electron chi connectivity index (χ1n) is 8.78. The van der Waals surface area contributed by atoms with E-state index in [0.717, 1.165) is 24.8 Å². The lowest BCUT2D eigenvalue weighted by molar-refractivity contribution is -0.121. The van der Waals surface area contributed by atoms with Gasteiger partial charge in [0.25, 0.3) is 0 Å². The molecule has 0 bridgehead atoms. The van der Waals surface area contributed by atoms with E-state index in [1.807, 2.05) is 18.2 Å². The van der Waals surface area contributed by atoms with Crippen LogP contribution in [0, 0.1) is 5.82 Å². The van der Waals surface area contributed by atoms with Gasteiger partial charge in [-0.1, -0.05) is 24.3 Å². The molecule has 25 heavy (non-hydrogen) atoms. The third-order valence-corrected chi connectivity index (χ3v) is 4.65. The van der Waals surface area contributed by atoms with Crippen LogP contribution in [0.5, 0.6) is 0 Å². The van der Waals surface area contributed by atoms with Crippen molar-refractivity contribution >= 4 is 11.7 Å². The van der Waals surface area contributed by atoms with Crippen LogP contribution in [0.4, 0.5) is 4.39 Å². The number of nitrogens with one attached hydrogen (secondary N) is 1. The number of halogens is 1. The highest BCUT2D eigenvalue weighted by Crippen LogP contribution is 2.23. The molecule has 0 saturated heterocycles. The third kappa shape index (κ3) is 4.75. The van der Waals surface area contributed by atoms with Crippen LogP contribution in [0.2, 0.25) is 0 Å². The van der Waals surface area contributed by atoms with Crippen LogP contribution in [0.3, 0.4) is 0 Å². The van der Waals surface area contributed by atoms with Crippen molar-refractivity contribution in [2.45, 2.75) is 38.5 Å². The number of amides is 1. The summed E-state index contributed by atoms with van der Waals surface area (Å²) in [7, 11) is 0. The van der Waals surface area contributed by atoms with Crippen LogP contribution < -0.4 is 5.32 Å². The predicted octanol–water partition coefficient (Wildman–Crippen LogP) is 3.64. The topological polar surface area (TPSA) is 46.2 Å². The van der Waals surface area contributed by atoms with Crippen molar-refractivity contribution in [1.82, 2.24) is 5.32 Å². The zero-order valence-electron chi connectivity index (χ0n) is 14.2. The standard InChI is InChI=1S/C21H22FNO2/c22-19-8-4-15(5-9-19)12-13-23-21(25)11-10-20(24)18-7-6-16-2-1-3-17(16)14-18/h4-9,14H,1-3,10-13H2,(H,23,25). The smallest absolute Gasteiger partial charge is 0.220 e. The van der Waals surface area contributed by atoms with Crippen molar-refractivity contribution < 1.29 is 14.0 Å². The lowest BCUT2D eigenvalue weighted by Crippen LogP contribution is -2.26. The lowest BCUT2D eigenvalue weighted by atomic mass is 10.0. The van der Waals surface area contributed by atoms with Gasteiger partial charge < -0.3 is 5.32 Å². The summed E-state index contributed by atoms with van der Waals surface area (Å²) >= 11 is 0. The van der Waals surface area contributed by atoms with Gasteiger partial charge in [-0.2, -0.15) is 0 Å². The molecule has 130 valence electrons. The summed E-state index contributed by atoms with van der Waals surface area (Å²) in [6.45, 7) is 0.484. The summed E-state index contributed by atoms with van der Waals surface area (Å²) in [6.07, 6.45) is 4.36. The number of ketones is 1. The van der Waals surface area contributed by atoms with E-state index >= 15 is 0 Å². The number of hydrogen-bond acceptors (Lipinski definition) is 2. The molecule has 0 aromatic heterocycles. The monoisotopic (exact) mass is 339 g/mol. The fourth-order valence-electron chi connectivity index (χ4n) is 3.20. The lowest BCUT2D eigenvalue weighted by Gasteiger charge is -2.06. The van der Waals surface area contributed by atoms with Gasteiger partial charge in [0.1, 0.15) is 5.82 Å². The molecule has 0 unspecified atom stereocenters. The van der Waals surface area contributed by atoms with Crippen LogP contribution in [-0.4, -0.2) is 18.2 Å². The molecule has 1 amide bonds. The molecule has 1 N–H and O–H groups in total. The molecule has 0 saturated carbocycles. The first-order valence-corrected chi connectivity index (χ1v) is 8.78. The summed E-state index contributed by atoms with van der Waals surface area (Å²) < 4.78 is 12.8. The van der Waals surface area contributed by atoms with Crippen molar-refractivity contribution in [1.29, 1.82) is 0 Å². The largest absolute Gasteiger partial charge is 0.356 e. The molecule has 0 radical (unpaired) electrons. The Kier molecular flexibility index (Phi) is 5.59. The van der Waals surface area contributed by atoms with E-state index in [-0.39, 0.29) is 30.3 Å². The maximum absolute atomic E-state index is 12.8. The second-order valence-electron chi connectivity index (χ2n) is 6.49. The normalized spacial score (nSPS) is 12.7. The minimum Gasteiger partial charge on any atom is -0.356 e. The van der Waals surface area contributed by atoms with Gasteiger partial charge in [0.05, 0.1) is 0 Å². The molecule has 4 heteroatoms. The van der Waals surface area contributed by atoms with Gasteiger partial charge >= 0.3 is 0 Å². The number of rotatable bonds is 7. The molecule has 0 spiro atoms. The Labute approximate surface area is 147 Å². The van der Waals surface area contributed by atoms with E-state index in [4.69, 9.17) is 0 Å². The first-order chi connectivity index (χ1) is 12.1. The quantitative estimate of drug-likeness (QED) is 0.783. The van der Waals surface area contributed by atoms with Gasteiger partial charge in [-0.3, -0.25) is 9.59 Å². The number of carbonyl (C=O) groups excluding carboxylic acids is 2. The highest BCUT2D eigenvalue weighted by Gasteiger charge is 2.14. The number of aryl methyl sites for hydroxylation is 2. The van der Waals surface area contributed by atoms with Crippen LogP contribution >= 0.6 is 0 Å². The second-order valence-corrected chi connectivity index (χ2v) is 6.49. The number of Topliss-reactive ketones (excluding diaryl/α,β-unsaturated/α-hetero) is 1. The van der Waals surface area contributed by atoms with E-state index < -0.39 is 0 Å². The first kappa shape index (κ1) is 17.3. The van der Waals surface area contributed by atoms with Crippen molar-refractivity contribution in [3.63, 3.8) is 0 Å². The van der Waals surface area contributed by atoms with Crippen LogP contribution in [0.15, 0.2) is 42.5 Å². The van der Waals surface area contributed by atoms with Crippen molar-refractivity contribution in [2.24, 2.45) is 0 Å². The molecule has 1 aliphatic carbocycles. The van der Waals surface area contributed by atoms with Gasteiger partial charge in [0.15, 0.2) is 5.78 Å². The molecule has 0 fully saturated rings. The number of benzene rings is 2. The zero-order chi connectivity index (χ0) is 17.6. The Morgan fingerprint density at radius 1 is 0.960 bits per heavy atom. The molecular weight excluding hydrogens is 317 g/mol. The summed E-state index contributed by atoms with van der Waals surface area (Å²) in [5, 5.41) is 2.81. The number of carbonyl (C=O) groups is 2. The summed E-state index contributed by atoms with van der Waals surface area (Å²) in [6, 6.07) is 12.1. The molecule has 3 nitrogen and oxygen atoms in total. The van der Waals surface area contributed by atoms with E-state index in [1.54, 1.807) is 12.1 Å². The number of fused-ring (bicyclic) bond motifs is 1. The summed E-state index contributed by atoms with van der Waals surface area (Å²) in [5.41, 5.74) is 4.29. The highest BCUT2D eigenvalue weighted by atomic mass is 19.1.